The summed E-state index contributed by atoms with van der Waals surface area (Å²) in [5.74, 6) is 0.434. The van der Waals surface area contributed by atoms with Crippen molar-refractivity contribution in [2.24, 2.45) is 7.05 Å². The van der Waals surface area contributed by atoms with E-state index in [0.29, 0.717) is 16.9 Å². The molecule has 0 aliphatic rings. The van der Waals surface area contributed by atoms with Crippen LogP contribution in [0.15, 0.2) is 71.7 Å². The molecular weight excluding hydrogens is 381 g/mol. The third kappa shape index (κ3) is 3.69. The number of aromatic nitrogens is 3. The van der Waals surface area contributed by atoms with Crippen molar-refractivity contribution in [3.63, 3.8) is 0 Å². The van der Waals surface area contributed by atoms with Gasteiger partial charge in [-0.25, -0.2) is 0 Å². The highest BCUT2D eigenvalue weighted by molar-refractivity contribution is 5.93. The second-order valence-electron chi connectivity index (χ2n) is 6.50. The van der Waals surface area contributed by atoms with Crippen molar-refractivity contribution in [2.45, 2.75) is 6.18 Å². The summed E-state index contributed by atoms with van der Waals surface area (Å²) < 4.78 is 39.8. The minimum absolute atomic E-state index is 0.112. The fourth-order valence-electron chi connectivity index (χ4n) is 3.09. The van der Waals surface area contributed by atoms with Crippen molar-refractivity contribution < 1.29 is 13.2 Å². The van der Waals surface area contributed by atoms with Crippen molar-refractivity contribution in [1.29, 1.82) is 0 Å². The van der Waals surface area contributed by atoms with E-state index in [1.807, 2.05) is 18.2 Å². The van der Waals surface area contributed by atoms with Crippen LogP contribution in [-0.4, -0.2) is 14.8 Å². The summed E-state index contributed by atoms with van der Waals surface area (Å²) >= 11 is 0. The van der Waals surface area contributed by atoms with Crippen molar-refractivity contribution >= 4 is 22.4 Å². The van der Waals surface area contributed by atoms with Gasteiger partial charge in [0.2, 0.25) is 0 Å². The molecule has 0 amide bonds. The highest BCUT2D eigenvalue weighted by Crippen LogP contribution is 2.31. The average Bonchev–Trinajstić information content (AvgIpc) is 2.71. The van der Waals surface area contributed by atoms with Crippen LogP contribution in [0.1, 0.15) is 5.56 Å². The van der Waals surface area contributed by atoms with E-state index >= 15 is 0 Å². The molecule has 146 valence electrons. The van der Waals surface area contributed by atoms with Gasteiger partial charge in [-0.15, -0.1) is 5.10 Å². The first-order valence-corrected chi connectivity index (χ1v) is 8.69. The number of fused-ring (bicyclic) bond motifs is 1. The maximum atomic E-state index is 12.8. The van der Waals surface area contributed by atoms with Crippen LogP contribution >= 0.6 is 0 Å². The lowest BCUT2D eigenvalue weighted by atomic mass is 10.1. The zero-order valence-electron chi connectivity index (χ0n) is 15.2. The summed E-state index contributed by atoms with van der Waals surface area (Å²) in [7, 11) is 1.69. The van der Waals surface area contributed by atoms with E-state index in [9.17, 15) is 18.0 Å². The van der Waals surface area contributed by atoms with Gasteiger partial charge >= 0.3 is 6.18 Å². The molecule has 8 heteroatoms. The molecule has 0 spiro atoms. The van der Waals surface area contributed by atoms with E-state index in [1.54, 1.807) is 23.7 Å². The van der Waals surface area contributed by atoms with Crippen LogP contribution < -0.4 is 10.9 Å². The predicted molar refractivity (Wildman–Crippen MR) is 105 cm³/mol. The Hall–Kier alpha value is -3.68. The molecule has 0 bridgehead atoms. The first kappa shape index (κ1) is 18.7. The maximum absolute atomic E-state index is 12.8. The summed E-state index contributed by atoms with van der Waals surface area (Å²) in [6.07, 6.45) is -2.89. The van der Waals surface area contributed by atoms with Gasteiger partial charge in [-0.3, -0.25) is 4.79 Å². The van der Waals surface area contributed by atoms with Crippen LogP contribution in [0.4, 0.5) is 24.7 Å². The zero-order chi connectivity index (χ0) is 20.6. The number of hydrogen-bond acceptors (Lipinski definition) is 4. The van der Waals surface area contributed by atoms with Gasteiger partial charge in [0.25, 0.3) is 5.56 Å². The minimum Gasteiger partial charge on any atom is -0.338 e. The van der Waals surface area contributed by atoms with Crippen LogP contribution in [0.5, 0.6) is 0 Å². The Morgan fingerprint density at radius 2 is 1.72 bits per heavy atom. The molecule has 0 aliphatic heterocycles. The second kappa shape index (κ2) is 7.05. The molecule has 0 saturated carbocycles. The van der Waals surface area contributed by atoms with Crippen LogP contribution in [0.3, 0.4) is 0 Å². The van der Waals surface area contributed by atoms with Crippen LogP contribution in [0, 0.1) is 0 Å². The first-order valence-electron chi connectivity index (χ1n) is 8.69. The van der Waals surface area contributed by atoms with Crippen molar-refractivity contribution in [3.8, 4) is 11.1 Å². The highest BCUT2D eigenvalue weighted by atomic mass is 19.4. The maximum Gasteiger partial charge on any atom is 0.416 e. The Bertz CT molecular complexity index is 1250. The van der Waals surface area contributed by atoms with Crippen molar-refractivity contribution in [1.82, 2.24) is 14.8 Å². The first-order chi connectivity index (χ1) is 13.8. The number of benzene rings is 2. The smallest absolute Gasteiger partial charge is 0.338 e. The Balaban J connectivity index is 1.68. The monoisotopic (exact) mass is 396 g/mol. The number of hydrogen-bond donors (Lipinski definition) is 1. The molecule has 0 saturated heterocycles. The molecular formula is C21H15F3N4O. The number of alkyl halides is 3. The lowest BCUT2D eigenvalue weighted by molar-refractivity contribution is -0.137. The summed E-state index contributed by atoms with van der Waals surface area (Å²) in [5.41, 5.74) is 1.90. The number of nitrogens with zero attached hydrogens (tertiary/aromatic N) is 3. The molecule has 0 unspecified atom stereocenters. The van der Waals surface area contributed by atoms with E-state index in [4.69, 9.17) is 0 Å². The molecule has 4 rings (SSSR count). The Kier molecular flexibility index (Phi) is 4.54. The van der Waals surface area contributed by atoms with Gasteiger partial charge in [0.15, 0.2) is 5.82 Å². The number of rotatable bonds is 3. The largest absolute Gasteiger partial charge is 0.416 e. The van der Waals surface area contributed by atoms with Gasteiger partial charge < -0.3 is 9.88 Å². The molecule has 4 aromatic rings. The average molecular weight is 396 g/mol. The van der Waals surface area contributed by atoms with E-state index in [-0.39, 0.29) is 5.56 Å². The molecule has 0 atom stereocenters. The molecule has 0 fully saturated rings. The lowest BCUT2D eigenvalue weighted by Crippen LogP contribution is -2.15. The number of halogens is 3. The topological polar surface area (TPSA) is 59.8 Å². The number of pyridine rings is 1. The second-order valence-corrected chi connectivity index (χ2v) is 6.50. The summed E-state index contributed by atoms with van der Waals surface area (Å²) in [6, 6.07) is 15.3. The number of anilines is 2. The normalized spacial score (nSPS) is 11.6. The number of nitrogens with one attached hydrogen (secondary N) is 1. The summed E-state index contributed by atoms with van der Waals surface area (Å²) in [5, 5.41) is 12.0. The molecule has 2 aromatic carbocycles. The van der Waals surface area contributed by atoms with E-state index < -0.39 is 11.7 Å². The molecule has 0 radical (unpaired) electrons. The third-order valence-electron chi connectivity index (χ3n) is 4.63. The Morgan fingerprint density at radius 3 is 2.45 bits per heavy atom. The quantitative estimate of drug-likeness (QED) is 0.543. The molecule has 1 N–H and O–H groups in total. The van der Waals surface area contributed by atoms with Gasteiger partial charge in [0.1, 0.15) is 0 Å². The minimum atomic E-state index is -4.38. The summed E-state index contributed by atoms with van der Waals surface area (Å²) in [4.78, 5) is 11.8. The fraction of sp³-hybridized carbons (Fsp3) is 0.0952. The molecule has 0 aliphatic carbocycles. The fourth-order valence-corrected chi connectivity index (χ4v) is 3.09. The zero-order valence-corrected chi connectivity index (χ0v) is 15.2. The van der Waals surface area contributed by atoms with Crippen LogP contribution in [0.2, 0.25) is 0 Å². The molecule has 2 heterocycles. The van der Waals surface area contributed by atoms with Gasteiger partial charge in [0, 0.05) is 29.8 Å². The summed E-state index contributed by atoms with van der Waals surface area (Å²) in [6.45, 7) is 0. The predicted octanol–water partition coefficient (Wildman–Crippen LogP) is 4.76. The van der Waals surface area contributed by atoms with Gasteiger partial charge in [0.05, 0.1) is 17.3 Å². The Morgan fingerprint density at radius 1 is 0.966 bits per heavy atom. The van der Waals surface area contributed by atoms with Crippen molar-refractivity contribution in [3.05, 3.63) is 82.8 Å². The molecule has 5 nitrogen and oxygen atoms in total. The Labute approximate surface area is 163 Å². The van der Waals surface area contributed by atoms with Crippen LogP contribution in [0.25, 0.3) is 22.0 Å². The highest BCUT2D eigenvalue weighted by Gasteiger charge is 2.29. The van der Waals surface area contributed by atoms with E-state index in [0.717, 1.165) is 28.7 Å². The molecule has 29 heavy (non-hydrogen) atoms. The van der Waals surface area contributed by atoms with E-state index in [2.05, 4.69) is 15.5 Å². The lowest BCUT2D eigenvalue weighted by Gasteiger charge is -2.12. The van der Waals surface area contributed by atoms with Gasteiger partial charge in [-0.05, 0) is 42.0 Å². The third-order valence-corrected chi connectivity index (χ3v) is 4.63. The SMILES string of the molecule is Cn1c(=O)ccc2c(Nc3cc(-c4ccc(C(F)(F)F)cc4)cnn3)cccc21. The van der Waals surface area contributed by atoms with E-state index in [1.165, 1.54) is 24.4 Å². The van der Waals surface area contributed by atoms with Gasteiger partial charge in [-0.1, -0.05) is 18.2 Å². The van der Waals surface area contributed by atoms with Gasteiger partial charge in [-0.2, -0.15) is 18.3 Å². The number of aryl methyl sites for hydroxylation is 1. The standard InChI is InChI=1S/C21H15F3N4O/c1-28-18-4-2-3-17(16(18)9-10-20(28)29)26-19-11-14(12-25-27-19)13-5-7-15(8-6-13)21(22,23)24/h2-12H,1H3,(H,26,27). The van der Waals surface area contributed by atoms with Crippen LogP contribution in [-0.2, 0) is 13.2 Å². The van der Waals surface area contributed by atoms with Crippen molar-refractivity contribution in [2.75, 3.05) is 5.32 Å². The molecule has 2 aromatic heterocycles.